The summed E-state index contributed by atoms with van der Waals surface area (Å²) in [6.07, 6.45) is 0. The zero-order valence-electron chi connectivity index (χ0n) is 13.0. The van der Waals surface area contributed by atoms with E-state index in [0.717, 1.165) is 16.4 Å². The molecular weight excluding hydrogens is 346 g/mol. The Morgan fingerprint density at radius 2 is 1.92 bits per heavy atom. The fourth-order valence-electron chi connectivity index (χ4n) is 2.62. The fourth-order valence-corrected chi connectivity index (χ4v) is 4.78. The van der Waals surface area contributed by atoms with Gasteiger partial charge >= 0.3 is 0 Å². The largest absolute Gasteiger partial charge is 0.362 e. The number of thiophene rings is 1. The Morgan fingerprint density at radius 3 is 2.62 bits per heavy atom. The van der Waals surface area contributed by atoms with Crippen LogP contribution in [0.5, 0.6) is 0 Å². The zero-order valence-corrected chi connectivity index (χ0v) is 14.6. The molecule has 0 saturated heterocycles. The number of amidine groups is 1. The van der Waals surface area contributed by atoms with Crippen molar-refractivity contribution in [3.63, 3.8) is 0 Å². The smallest absolute Gasteiger partial charge is 0.226 e. The number of anilines is 1. The van der Waals surface area contributed by atoms with Crippen LogP contribution < -0.4 is 16.0 Å². The average Bonchev–Trinajstić information content (AvgIpc) is 3.21. The van der Waals surface area contributed by atoms with Crippen LogP contribution in [0.3, 0.4) is 0 Å². The van der Waals surface area contributed by atoms with Gasteiger partial charge in [0.25, 0.3) is 0 Å². The maximum atomic E-state index is 12.9. The molecule has 0 unspecified atom stereocenters. The molecule has 0 amide bonds. The molecule has 0 aliphatic carbocycles. The summed E-state index contributed by atoms with van der Waals surface area (Å²) in [4.78, 5) is 6.68. The first-order valence-electron chi connectivity index (χ1n) is 7.20. The topological polar surface area (TPSA) is 77.0 Å². The monoisotopic (exact) mass is 361 g/mol. The van der Waals surface area contributed by atoms with Gasteiger partial charge in [0.15, 0.2) is 10.9 Å². The lowest BCUT2D eigenvalue weighted by molar-refractivity contribution is 0.592. The Hall–Kier alpha value is -2.36. The molecule has 2 N–H and O–H groups in total. The lowest BCUT2D eigenvalue weighted by Gasteiger charge is -2.26. The molecule has 0 saturated carbocycles. The highest BCUT2D eigenvalue weighted by Crippen LogP contribution is 2.38. The molecule has 7 nitrogen and oxygen atoms in total. The van der Waals surface area contributed by atoms with E-state index in [0.29, 0.717) is 5.82 Å². The van der Waals surface area contributed by atoms with Crippen LogP contribution in [0.2, 0.25) is 0 Å². The highest BCUT2D eigenvalue weighted by molar-refractivity contribution is 7.95. The molecule has 9 heteroatoms. The second-order valence-corrected chi connectivity index (χ2v) is 8.29. The van der Waals surface area contributed by atoms with E-state index in [1.807, 2.05) is 30.4 Å². The quantitative estimate of drug-likeness (QED) is 0.844. The van der Waals surface area contributed by atoms with Crippen LogP contribution in [-0.2, 0) is 9.84 Å². The van der Waals surface area contributed by atoms with Crippen LogP contribution in [0, 0.1) is 0 Å². The fraction of sp³-hybridized carbons (Fsp3) is 0.133. The van der Waals surface area contributed by atoms with Gasteiger partial charge in [0.1, 0.15) is 10.8 Å². The number of fused-ring (bicyclic) bond motifs is 3. The molecule has 2 aliphatic rings. The average molecular weight is 361 g/mol. The summed E-state index contributed by atoms with van der Waals surface area (Å²) in [6, 6.07) is 10.3. The third-order valence-corrected chi connectivity index (χ3v) is 6.36. The van der Waals surface area contributed by atoms with Gasteiger partial charge < -0.3 is 4.90 Å². The second-order valence-electron chi connectivity index (χ2n) is 5.51. The molecule has 2 aromatic rings. The summed E-state index contributed by atoms with van der Waals surface area (Å²) in [7, 11) is 0.0727. The Balaban J connectivity index is 1.91. The maximum absolute atomic E-state index is 12.9. The van der Waals surface area contributed by atoms with E-state index in [4.69, 9.17) is 0 Å². The van der Waals surface area contributed by atoms with E-state index in [1.165, 1.54) is 11.3 Å². The minimum absolute atomic E-state index is 0.0482. The first kappa shape index (κ1) is 15.2. The van der Waals surface area contributed by atoms with Crippen LogP contribution in [0.15, 0.2) is 62.5 Å². The Morgan fingerprint density at radius 1 is 1.17 bits per heavy atom. The second kappa shape index (κ2) is 5.33. The third kappa shape index (κ3) is 2.13. The SMILES string of the molecule is CN(C)C1=NC2=C(S(=O)(=O)c3ccccc3)NNN2c2sccc21. The van der Waals surface area contributed by atoms with Crippen molar-refractivity contribution in [1.29, 1.82) is 0 Å². The van der Waals surface area contributed by atoms with Crippen molar-refractivity contribution in [3.8, 4) is 0 Å². The van der Waals surface area contributed by atoms with Crippen LogP contribution in [0.1, 0.15) is 5.56 Å². The Kier molecular flexibility index (Phi) is 3.37. The van der Waals surface area contributed by atoms with E-state index < -0.39 is 9.84 Å². The summed E-state index contributed by atoms with van der Waals surface area (Å²) in [5.41, 5.74) is 6.64. The number of nitrogens with one attached hydrogen (secondary N) is 2. The number of nitrogens with zero attached hydrogens (tertiary/aromatic N) is 3. The predicted molar refractivity (Wildman–Crippen MR) is 93.9 cm³/mol. The minimum Gasteiger partial charge on any atom is -0.362 e. The Labute approximate surface area is 143 Å². The van der Waals surface area contributed by atoms with Crippen LogP contribution >= 0.6 is 11.3 Å². The number of hydrazine groups is 2. The van der Waals surface area contributed by atoms with E-state index in [2.05, 4.69) is 16.0 Å². The minimum atomic E-state index is -3.70. The van der Waals surface area contributed by atoms with Gasteiger partial charge in [-0.05, 0) is 23.6 Å². The highest BCUT2D eigenvalue weighted by atomic mass is 32.2. The van der Waals surface area contributed by atoms with Gasteiger partial charge in [0, 0.05) is 14.1 Å². The van der Waals surface area contributed by atoms with Crippen LogP contribution in [-0.4, -0.2) is 33.2 Å². The van der Waals surface area contributed by atoms with Crippen molar-refractivity contribution < 1.29 is 8.42 Å². The number of rotatable bonds is 2. The van der Waals surface area contributed by atoms with Crippen molar-refractivity contribution in [3.05, 3.63) is 58.2 Å². The van der Waals surface area contributed by atoms with Crippen molar-refractivity contribution in [2.24, 2.45) is 4.99 Å². The number of aliphatic imine (C=N–C) groups is 1. The molecule has 24 heavy (non-hydrogen) atoms. The van der Waals surface area contributed by atoms with Gasteiger partial charge in [-0.3, -0.25) is 5.43 Å². The summed E-state index contributed by atoms with van der Waals surface area (Å²) >= 11 is 1.52. The van der Waals surface area contributed by atoms with Gasteiger partial charge in [-0.25, -0.2) is 18.4 Å². The highest BCUT2D eigenvalue weighted by Gasteiger charge is 2.38. The summed E-state index contributed by atoms with van der Waals surface area (Å²) in [5, 5.41) is 4.57. The van der Waals surface area contributed by atoms with Crippen molar-refractivity contribution in [2.75, 3.05) is 19.1 Å². The first-order valence-corrected chi connectivity index (χ1v) is 9.56. The Bertz CT molecular complexity index is 961. The molecule has 124 valence electrons. The third-order valence-electron chi connectivity index (χ3n) is 3.74. The number of hydrogen-bond acceptors (Lipinski definition) is 8. The van der Waals surface area contributed by atoms with Gasteiger partial charge in [-0.15, -0.1) is 16.9 Å². The molecule has 0 spiro atoms. The van der Waals surface area contributed by atoms with Crippen molar-refractivity contribution in [2.45, 2.75) is 4.90 Å². The lowest BCUT2D eigenvalue weighted by atomic mass is 10.2. The van der Waals surface area contributed by atoms with Gasteiger partial charge in [0.05, 0.1) is 10.5 Å². The van der Waals surface area contributed by atoms with Gasteiger partial charge in [-0.1, -0.05) is 18.2 Å². The van der Waals surface area contributed by atoms with Crippen molar-refractivity contribution >= 4 is 32.0 Å². The summed E-state index contributed by atoms with van der Waals surface area (Å²) < 4.78 is 25.9. The number of benzene rings is 1. The maximum Gasteiger partial charge on any atom is 0.226 e. The molecule has 1 aromatic carbocycles. The normalized spacial score (nSPS) is 16.4. The molecular formula is C15H15N5O2S2. The van der Waals surface area contributed by atoms with Crippen LogP contribution in [0.25, 0.3) is 0 Å². The summed E-state index contributed by atoms with van der Waals surface area (Å²) in [6.45, 7) is 0. The van der Waals surface area contributed by atoms with Crippen LogP contribution in [0.4, 0.5) is 5.00 Å². The molecule has 4 rings (SSSR count). The van der Waals surface area contributed by atoms with E-state index >= 15 is 0 Å². The van der Waals surface area contributed by atoms with E-state index in [-0.39, 0.29) is 9.92 Å². The standard InChI is InChI=1S/C15H15N5O2S2/c1-19(2)12-11-8-9-23-15(11)20-13(16-12)14(17-18-20)24(21,22)10-6-4-3-5-7-10/h3-9,17-18H,1-2H3. The predicted octanol–water partition coefficient (Wildman–Crippen LogP) is 1.50. The van der Waals surface area contributed by atoms with Crippen molar-refractivity contribution in [1.82, 2.24) is 15.9 Å². The van der Waals surface area contributed by atoms with Gasteiger partial charge in [0.2, 0.25) is 9.84 Å². The number of sulfone groups is 1. The summed E-state index contributed by atoms with van der Waals surface area (Å²) in [5.74, 6) is 1.07. The number of hydrogen-bond donors (Lipinski definition) is 2. The van der Waals surface area contributed by atoms with E-state index in [9.17, 15) is 8.42 Å². The molecule has 3 heterocycles. The first-order chi connectivity index (χ1) is 11.5. The molecule has 1 aromatic heterocycles. The molecule has 2 aliphatic heterocycles. The van der Waals surface area contributed by atoms with E-state index in [1.54, 1.807) is 35.3 Å². The molecule has 0 atom stereocenters. The molecule has 0 radical (unpaired) electrons. The molecule has 0 fully saturated rings. The lowest BCUT2D eigenvalue weighted by Crippen LogP contribution is -2.41. The zero-order chi connectivity index (χ0) is 16.9. The van der Waals surface area contributed by atoms with Gasteiger partial charge in [-0.2, -0.15) is 0 Å². The molecule has 0 bridgehead atoms.